The van der Waals surface area contributed by atoms with Gasteiger partial charge in [-0.3, -0.25) is 4.39 Å². The number of rotatable bonds is 5. The summed E-state index contributed by atoms with van der Waals surface area (Å²) in [6, 6.07) is 2.93. The van der Waals surface area contributed by atoms with Crippen LogP contribution in [0.3, 0.4) is 0 Å². The van der Waals surface area contributed by atoms with Crippen molar-refractivity contribution >= 4 is 15.9 Å². The number of ether oxygens (including phenoxy) is 1. The fourth-order valence-electron chi connectivity index (χ4n) is 1.36. The summed E-state index contributed by atoms with van der Waals surface area (Å²) in [7, 11) is 0. The van der Waals surface area contributed by atoms with Gasteiger partial charge in [-0.15, -0.1) is 0 Å². The molecular formula is C11H15BrFNO2. The molecule has 0 spiro atoms. The number of benzene rings is 1. The van der Waals surface area contributed by atoms with Crippen LogP contribution < -0.4 is 10.5 Å². The summed E-state index contributed by atoms with van der Waals surface area (Å²) < 4.78 is 17.9. The van der Waals surface area contributed by atoms with Crippen LogP contribution in [0.25, 0.3) is 0 Å². The minimum absolute atomic E-state index is 0.0399. The zero-order valence-corrected chi connectivity index (χ0v) is 10.6. The summed E-state index contributed by atoms with van der Waals surface area (Å²) in [5.74, 6) is 0.402. The van der Waals surface area contributed by atoms with E-state index < -0.39 is 6.67 Å². The quantitative estimate of drug-likeness (QED) is 0.877. The Morgan fingerprint density at radius 2 is 2.25 bits per heavy atom. The highest BCUT2D eigenvalue weighted by Crippen LogP contribution is 2.37. The lowest BCUT2D eigenvalue weighted by molar-refractivity contribution is 0.316. The molecule has 0 saturated heterocycles. The fraction of sp³-hybridized carbons (Fsp3) is 0.455. The molecule has 0 aromatic heterocycles. The van der Waals surface area contributed by atoms with Gasteiger partial charge in [-0.25, -0.2) is 0 Å². The number of alkyl halides is 1. The van der Waals surface area contributed by atoms with Gasteiger partial charge in [0.05, 0.1) is 17.8 Å². The van der Waals surface area contributed by atoms with Gasteiger partial charge in [0.1, 0.15) is 0 Å². The van der Waals surface area contributed by atoms with Gasteiger partial charge in [0.15, 0.2) is 11.5 Å². The van der Waals surface area contributed by atoms with Crippen LogP contribution in [0, 0.1) is 0 Å². The second-order valence-electron chi connectivity index (χ2n) is 3.37. The topological polar surface area (TPSA) is 55.5 Å². The normalized spacial score (nSPS) is 12.5. The molecule has 0 unspecified atom stereocenters. The molecule has 1 rings (SSSR count). The zero-order valence-electron chi connectivity index (χ0n) is 9.04. The minimum Gasteiger partial charge on any atom is -0.503 e. The molecule has 16 heavy (non-hydrogen) atoms. The first-order chi connectivity index (χ1) is 7.60. The van der Waals surface area contributed by atoms with Crippen molar-refractivity contribution in [2.75, 3.05) is 13.3 Å². The fourth-order valence-corrected chi connectivity index (χ4v) is 1.82. The number of phenols is 1. The van der Waals surface area contributed by atoms with Crippen molar-refractivity contribution < 1.29 is 14.2 Å². The number of phenolic OH excluding ortho intramolecular Hbond substituents is 1. The van der Waals surface area contributed by atoms with Crippen molar-refractivity contribution in [1.29, 1.82) is 0 Å². The summed E-state index contributed by atoms with van der Waals surface area (Å²) in [4.78, 5) is 0. The Morgan fingerprint density at radius 3 is 2.81 bits per heavy atom. The Bertz CT molecular complexity index is 360. The van der Waals surface area contributed by atoms with E-state index in [0.717, 1.165) is 5.56 Å². The minimum atomic E-state index is -0.469. The first-order valence-corrected chi connectivity index (χ1v) is 5.86. The number of halogens is 2. The highest BCUT2D eigenvalue weighted by atomic mass is 79.9. The number of nitrogens with two attached hydrogens (primary N) is 1. The molecule has 1 aromatic carbocycles. The second kappa shape index (κ2) is 6.06. The van der Waals surface area contributed by atoms with Gasteiger partial charge in [0, 0.05) is 6.04 Å². The first kappa shape index (κ1) is 13.3. The molecular weight excluding hydrogens is 277 g/mol. The van der Waals surface area contributed by atoms with E-state index in [1.807, 2.05) is 6.92 Å². The Hall–Kier alpha value is -0.810. The third-order valence-corrected chi connectivity index (χ3v) is 2.80. The predicted octanol–water partition coefficient (Wildman–Crippen LogP) is 2.91. The molecule has 0 amide bonds. The Kier molecular flexibility index (Phi) is 5.02. The van der Waals surface area contributed by atoms with Gasteiger partial charge in [0.25, 0.3) is 0 Å². The summed E-state index contributed by atoms with van der Waals surface area (Å²) in [5.41, 5.74) is 6.53. The largest absolute Gasteiger partial charge is 0.503 e. The Labute approximate surface area is 103 Å². The third-order valence-electron chi connectivity index (χ3n) is 2.20. The summed E-state index contributed by atoms with van der Waals surface area (Å²) in [5, 5.41) is 9.68. The molecule has 0 aliphatic heterocycles. The summed E-state index contributed by atoms with van der Waals surface area (Å²) in [6.07, 6.45) is 0.253. The maximum Gasteiger partial charge on any atom is 0.172 e. The molecule has 90 valence electrons. The van der Waals surface area contributed by atoms with E-state index in [1.54, 1.807) is 12.1 Å². The van der Waals surface area contributed by atoms with Gasteiger partial charge in [-0.05, 0) is 47.0 Å². The van der Waals surface area contributed by atoms with Gasteiger partial charge >= 0.3 is 0 Å². The van der Waals surface area contributed by atoms with Crippen molar-refractivity contribution in [3.63, 3.8) is 0 Å². The molecule has 3 N–H and O–H groups in total. The van der Waals surface area contributed by atoms with E-state index in [4.69, 9.17) is 10.5 Å². The number of hydrogen-bond donors (Lipinski definition) is 2. The zero-order chi connectivity index (χ0) is 12.1. The van der Waals surface area contributed by atoms with Gasteiger partial charge in [-0.2, -0.15) is 0 Å². The van der Waals surface area contributed by atoms with Gasteiger partial charge in [0.2, 0.25) is 0 Å². The van der Waals surface area contributed by atoms with Crippen LogP contribution in [0.2, 0.25) is 0 Å². The predicted molar refractivity (Wildman–Crippen MR) is 64.5 cm³/mol. The summed E-state index contributed by atoms with van der Waals surface area (Å²) >= 11 is 3.21. The van der Waals surface area contributed by atoms with Crippen molar-refractivity contribution in [1.82, 2.24) is 0 Å². The average Bonchev–Trinajstić information content (AvgIpc) is 2.25. The molecule has 0 fully saturated rings. The third kappa shape index (κ3) is 3.09. The lowest BCUT2D eigenvalue weighted by Gasteiger charge is -2.14. The van der Waals surface area contributed by atoms with Crippen LogP contribution in [0.4, 0.5) is 4.39 Å². The molecule has 0 radical (unpaired) electrons. The van der Waals surface area contributed by atoms with E-state index >= 15 is 0 Å². The van der Waals surface area contributed by atoms with Crippen LogP contribution in [0.1, 0.15) is 24.9 Å². The average molecular weight is 292 g/mol. The van der Waals surface area contributed by atoms with Crippen molar-refractivity contribution in [3.8, 4) is 11.5 Å². The molecule has 0 heterocycles. The molecule has 0 bridgehead atoms. The van der Waals surface area contributed by atoms with Gasteiger partial charge in [-0.1, -0.05) is 0 Å². The van der Waals surface area contributed by atoms with Crippen LogP contribution >= 0.6 is 15.9 Å². The van der Waals surface area contributed by atoms with Crippen LogP contribution in [0.15, 0.2) is 16.6 Å². The van der Waals surface area contributed by atoms with E-state index in [1.165, 1.54) is 0 Å². The molecule has 0 aliphatic rings. The first-order valence-electron chi connectivity index (χ1n) is 5.06. The summed E-state index contributed by atoms with van der Waals surface area (Å²) in [6.45, 7) is 1.80. The monoisotopic (exact) mass is 291 g/mol. The Morgan fingerprint density at radius 1 is 1.56 bits per heavy atom. The SMILES string of the molecule is CCOc1cc([C@@H](N)CCF)cc(Br)c1O. The molecule has 0 saturated carbocycles. The highest BCUT2D eigenvalue weighted by molar-refractivity contribution is 9.10. The maximum atomic E-state index is 12.2. The standard InChI is InChI=1S/C11H15BrFNO2/c1-2-16-10-6-7(9(14)3-4-13)5-8(12)11(10)15/h5-6,9,15H,2-4,14H2,1H3/t9-/m0/s1. The van der Waals surface area contributed by atoms with E-state index in [2.05, 4.69) is 15.9 Å². The van der Waals surface area contributed by atoms with Crippen molar-refractivity contribution in [2.45, 2.75) is 19.4 Å². The van der Waals surface area contributed by atoms with Crippen molar-refractivity contribution in [3.05, 3.63) is 22.2 Å². The molecule has 1 atom stereocenters. The molecule has 3 nitrogen and oxygen atoms in total. The van der Waals surface area contributed by atoms with Gasteiger partial charge < -0.3 is 15.6 Å². The van der Waals surface area contributed by atoms with Crippen LogP contribution in [-0.2, 0) is 0 Å². The molecule has 5 heteroatoms. The number of aromatic hydroxyl groups is 1. The lowest BCUT2D eigenvalue weighted by Crippen LogP contribution is -2.11. The maximum absolute atomic E-state index is 12.2. The van der Waals surface area contributed by atoms with Crippen LogP contribution in [-0.4, -0.2) is 18.4 Å². The smallest absolute Gasteiger partial charge is 0.172 e. The Balaban J connectivity index is 3.03. The van der Waals surface area contributed by atoms with E-state index in [0.29, 0.717) is 16.8 Å². The highest BCUT2D eigenvalue weighted by Gasteiger charge is 2.13. The van der Waals surface area contributed by atoms with Crippen LogP contribution in [0.5, 0.6) is 11.5 Å². The van der Waals surface area contributed by atoms with E-state index in [9.17, 15) is 9.50 Å². The number of hydrogen-bond acceptors (Lipinski definition) is 3. The van der Waals surface area contributed by atoms with Crippen molar-refractivity contribution in [2.24, 2.45) is 5.73 Å². The second-order valence-corrected chi connectivity index (χ2v) is 4.22. The molecule has 0 aliphatic carbocycles. The van der Waals surface area contributed by atoms with E-state index in [-0.39, 0.29) is 18.2 Å². The molecule has 1 aromatic rings. The lowest BCUT2D eigenvalue weighted by atomic mass is 10.0.